The van der Waals surface area contributed by atoms with Crippen molar-refractivity contribution in [3.8, 4) is 5.75 Å². The van der Waals surface area contributed by atoms with Crippen LogP contribution in [0.15, 0.2) is 89.9 Å². The van der Waals surface area contributed by atoms with Crippen molar-refractivity contribution in [2.24, 2.45) is 0 Å². The number of benzene rings is 3. The van der Waals surface area contributed by atoms with E-state index in [2.05, 4.69) is 77.2 Å². The van der Waals surface area contributed by atoms with Gasteiger partial charge in [-0.05, 0) is 105 Å². The van der Waals surface area contributed by atoms with Crippen molar-refractivity contribution in [2.75, 3.05) is 29.6 Å². The molecule has 43 heavy (non-hydrogen) atoms. The molecule has 3 aromatic rings. The van der Waals surface area contributed by atoms with Crippen molar-refractivity contribution in [2.45, 2.75) is 71.4 Å². The third-order valence-corrected chi connectivity index (χ3v) is 8.39. The molecule has 5 rings (SSSR count). The molecule has 226 valence electrons. The van der Waals surface area contributed by atoms with Gasteiger partial charge in [-0.1, -0.05) is 43.2 Å². The van der Waals surface area contributed by atoms with Gasteiger partial charge in [-0.3, -0.25) is 0 Å². The molecule has 3 aromatic carbocycles. The summed E-state index contributed by atoms with van der Waals surface area (Å²) in [4.78, 5) is 13.8. The molecule has 1 heterocycles. The molecule has 1 saturated carbocycles. The summed E-state index contributed by atoms with van der Waals surface area (Å²) in [6, 6.07) is 21.9. The van der Waals surface area contributed by atoms with E-state index in [1.807, 2.05) is 18.2 Å². The number of likely N-dealkylation sites (tertiary alicyclic amines) is 1. The average Bonchev–Trinajstić information content (AvgIpc) is 3.44. The monoisotopic (exact) mass is 580 g/mol. The lowest BCUT2D eigenvalue weighted by molar-refractivity contribution is 0.0697. The van der Waals surface area contributed by atoms with Crippen LogP contribution in [0.5, 0.6) is 5.75 Å². The minimum atomic E-state index is -0.904. The van der Waals surface area contributed by atoms with Gasteiger partial charge in [-0.15, -0.1) is 0 Å². The minimum absolute atomic E-state index is 0.181. The number of carboxylic acids is 1. The SMILES string of the molecule is CCCC=C(Nc1ccccc1C)Nc1ccc(CC(=C2CCC2)N2CCCC2Nc2ccc(C(=O)O)cc2)cc1OC. The first-order valence-corrected chi connectivity index (χ1v) is 15.5. The molecule has 1 aliphatic carbocycles. The number of aryl methyl sites for hydroxylation is 1. The zero-order valence-electron chi connectivity index (χ0n) is 25.6. The van der Waals surface area contributed by atoms with E-state index in [4.69, 9.17) is 4.74 Å². The molecule has 0 bridgehead atoms. The summed E-state index contributed by atoms with van der Waals surface area (Å²) < 4.78 is 5.90. The summed E-state index contributed by atoms with van der Waals surface area (Å²) in [5.74, 6) is 0.861. The molecular formula is C36H44N4O3. The molecule has 1 saturated heterocycles. The topological polar surface area (TPSA) is 85.9 Å². The van der Waals surface area contributed by atoms with Crippen molar-refractivity contribution >= 4 is 23.0 Å². The molecular weight excluding hydrogens is 536 g/mol. The van der Waals surface area contributed by atoms with E-state index in [1.165, 1.54) is 23.2 Å². The fourth-order valence-electron chi connectivity index (χ4n) is 5.78. The molecule has 2 aliphatic rings. The maximum absolute atomic E-state index is 11.3. The Bertz CT molecular complexity index is 1470. The van der Waals surface area contributed by atoms with E-state index in [0.29, 0.717) is 5.56 Å². The molecule has 0 radical (unpaired) electrons. The fourth-order valence-corrected chi connectivity index (χ4v) is 5.78. The molecule has 1 unspecified atom stereocenters. The first-order valence-electron chi connectivity index (χ1n) is 15.5. The van der Waals surface area contributed by atoms with Crippen molar-refractivity contribution in [3.63, 3.8) is 0 Å². The molecule has 7 nitrogen and oxygen atoms in total. The van der Waals surface area contributed by atoms with E-state index < -0.39 is 5.97 Å². The third-order valence-electron chi connectivity index (χ3n) is 8.39. The fraction of sp³-hybridized carbons (Fsp3) is 0.361. The normalized spacial score (nSPS) is 16.4. The van der Waals surface area contributed by atoms with E-state index in [-0.39, 0.29) is 6.17 Å². The van der Waals surface area contributed by atoms with Crippen LogP contribution < -0.4 is 20.7 Å². The highest BCUT2D eigenvalue weighted by Gasteiger charge is 2.29. The standard InChI is InChI=1S/C36H44N4O3/c1-4-5-14-34(38-30-13-7-6-10-25(30)2)39-31-21-16-26(24-33(31)43-3)23-32(27-11-8-12-27)40-22-9-15-35(40)37-29-19-17-28(18-20-29)36(41)42/h6-7,10,13-14,16-21,24,35,37-39H,4-5,8-9,11-12,15,22-23H2,1-3H3,(H,41,42). The summed E-state index contributed by atoms with van der Waals surface area (Å²) >= 11 is 0. The minimum Gasteiger partial charge on any atom is -0.495 e. The molecule has 7 heteroatoms. The molecule has 0 spiro atoms. The predicted octanol–water partition coefficient (Wildman–Crippen LogP) is 8.38. The van der Waals surface area contributed by atoms with Gasteiger partial charge in [0.2, 0.25) is 0 Å². The van der Waals surface area contributed by atoms with Crippen molar-refractivity contribution in [1.82, 2.24) is 4.90 Å². The maximum atomic E-state index is 11.3. The lowest BCUT2D eigenvalue weighted by atomic mass is 9.88. The number of para-hydroxylation sites is 1. The number of anilines is 3. The van der Waals surface area contributed by atoms with Crippen LogP contribution in [0.1, 0.15) is 73.4 Å². The molecule has 1 atom stereocenters. The van der Waals surface area contributed by atoms with Gasteiger partial charge in [0.15, 0.2) is 0 Å². The first-order chi connectivity index (χ1) is 20.9. The first kappa shape index (κ1) is 30.1. The van der Waals surface area contributed by atoms with Gasteiger partial charge in [0.25, 0.3) is 0 Å². The summed E-state index contributed by atoms with van der Waals surface area (Å²) in [6.07, 6.45) is 11.0. The molecule has 0 aromatic heterocycles. The smallest absolute Gasteiger partial charge is 0.335 e. The van der Waals surface area contributed by atoms with Crippen LogP contribution in [0.25, 0.3) is 0 Å². The van der Waals surface area contributed by atoms with E-state index in [0.717, 1.165) is 80.1 Å². The summed E-state index contributed by atoms with van der Waals surface area (Å²) in [7, 11) is 1.73. The number of nitrogens with zero attached hydrogens (tertiary/aromatic N) is 1. The van der Waals surface area contributed by atoms with E-state index >= 15 is 0 Å². The Morgan fingerprint density at radius 3 is 2.47 bits per heavy atom. The molecule has 2 fully saturated rings. The second-order valence-corrected chi connectivity index (χ2v) is 11.5. The number of ether oxygens (including phenoxy) is 1. The van der Waals surface area contributed by atoms with E-state index in [1.54, 1.807) is 24.8 Å². The van der Waals surface area contributed by atoms with Crippen LogP contribution in [0, 0.1) is 6.92 Å². The number of nitrogens with one attached hydrogen (secondary N) is 3. The average molecular weight is 581 g/mol. The number of unbranched alkanes of at least 4 members (excludes halogenated alkanes) is 1. The Morgan fingerprint density at radius 2 is 1.79 bits per heavy atom. The van der Waals surface area contributed by atoms with Gasteiger partial charge in [-0.25, -0.2) is 4.79 Å². The Balaban J connectivity index is 1.33. The van der Waals surface area contributed by atoms with Crippen LogP contribution >= 0.6 is 0 Å². The Morgan fingerprint density at radius 1 is 1.02 bits per heavy atom. The quantitative estimate of drug-likeness (QED) is 0.162. The number of aromatic carboxylic acids is 1. The summed E-state index contributed by atoms with van der Waals surface area (Å²) in [6.45, 7) is 5.30. The van der Waals surface area contributed by atoms with Gasteiger partial charge in [0.05, 0.1) is 24.5 Å². The predicted molar refractivity (Wildman–Crippen MR) is 176 cm³/mol. The highest BCUT2D eigenvalue weighted by Crippen LogP contribution is 2.37. The van der Waals surface area contributed by atoms with Crippen LogP contribution in [0.3, 0.4) is 0 Å². The number of hydrogen-bond donors (Lipinski definition) is 4. The van der Waals surface area contributed by atoms with E-state index in [9.17, 15) is 9.90 Å². The van der Waals surface area contributed by atoms with Crippen LogP contribution in [0.2, 0.25) is 0 Å². The van der Waals surface area contributed by atoms with Crippen molar-refractivity contribution in [1.29, 1.82) is 0 Å². The number of methoxy groups -OCH3 is 1. The molecule has 1 aliphatic heterocycles. The summed E-state index contributed by atoms with van der Waals surface area (Å²) in [5, 5.41) is 20.1. The van der Waals surface area contributed by atoms with Crippen molar-refractivity contribution in [3.05, 3.63) is 107 Å². The molecule has 4 N–H and O–H groups in total. The highest BCUT2D eigenvalue weighted by atomic mass is 16.5. The number of allylic oxidation sites excluding steroid dienone is 3. The summed E-state index contributed by atoms with van der Waals surface area (Å²) in [5.41, 5.74) is 8.63. The highest BCUT2D eigenvalue weighted by molar-refractivity contribution is 5.88. The Kier molecular flexibility index (Phi) is 9.92. The van der Waals surface area contributed by atoms with Crippen LogP contribution in [0.4, 0.5) is 17.1 Å². The Labute approximate surface area is 255 Å². The zero-order chi connectivity index (χ0) is 30.2. The van der Waals surface area contributed by atoms with Gasteiger partial charge < -0.3 is 30.7 Å². The number of hydrogen-bond acceptors (Lipinski definition) is 6. The molecule has 0 amide bonds. The second-order valence-electron chi connectivity index (χ2n) is 11.5. The van der Waals surface area contributed by atoms with Crippen LogP contribution in [-0.4, -0.2) is 35.8 Å². The van der Waals surface area contributed by atoms with Crippen LogP contribution in [-0.2, 0) is 6.42 Å². The van der Waals surface area contributed by atoms with Gasteiger partial charge in [0.1, 0.15) is 11.6 Å². The third kappa shape index (κ3) is 7.53. The maximum Gasteiger partial charge on any atom is 0.335 e. The zero-order valence-corrected chi connectivity index (χ0v) is 25.6. The van der Waals surface area contributed by atoms with Gasteiger partial charge in [-0.2, -0.15) is 0 Å². The van der Waals surface area contributed by atoms with Gasteiger partial charge in [0, 0.05) is 30.0 Å². The Hall–Kier alpha value is -4.39. The largest absolute Gasteiger partial charge is 0.495 e. The number of carboxylic acid groups (broad SMARTS) is 1. The number of carbonyl (C=O) groups is 1. The van der Waals surface area contributed by atoms with Gasteiger partial charge >= 0.3 is 5.97 Å². The van der Waals surface area contributed by atoms with Crippen molar-refractivity contribution < 1.29 is 14.6 Å². The lowest BCUT2D eigenvalue weighted by Gasteiger charge is -2.35. The second kappa shape index (κ2) is 14.2. The lowest BCUT2D eigenvalue weighted by Crippen LogP contribution is -2.37. The number of rotatable bonds is 13.